The summed E-state index contributed by atoms with van der Waals surface area (Å²) in [5, 5.41) is 9.44. The van der Waals surface area contributed by atoms with Gasteiger partial charge in [-0.1, -0.05) is 0 Å². The van der Waals surface area contributed by atoms with Gasteiger partial charge in [0.15, 0.2) is 0 Å². The normalized spacial score (nSPS) is 10.6. The van der Waals surface area contributed by atoms with E-state index in [0.29, 0.717) is 15.5 Å². The Hall–Kier alpha value is -1.49. The molecule has 0 radical (unpaired) electrons. The maximum absolute atomic E-state index is 10.8. The van der Waals surface area contributed by atoms with Crippen molar-refractivity contribution in [1.29, 1.82) is 0 Å². The number of carboxylic acid groups (broad SMARTS) is 1. The Morgan fingerprint density at radius 3 is 2.86 bits per heavy atom. The molecule has 2 aromatic rings. The largest absolute Gasteiger partial charge is 0.478 e. The molecule has 0 saturated heterocycles. The minimum atomic E-state index is -0.985. The predicted molar refractivity (Wildman–Crippen MR) is 57.4 cm³/mol. The first-order valence-corrected chi connectivity index (χ1v) is 4.69. The second-order valence-corrected chi connectivity index (χ2v) is 3.75. The molecule has 5 heteroatoms. The summed E-state index contributed by atoms with van der Waals surface area (Å²) in [4.78, 5) is 13.7. The Morgan fingerprint density at radius 1 is 1.50 bits per heavy atom. The van der Waals surface area contributed by atoms with E-state index in [1.54, 1.807) is 12.1 Å². The van der Waals surface area contributed by atoms with Crippen molar-refractivity contribution in [2.24, 2.45) is 0 Å². The van der Waals surface area contributed by atoms with Gasteiger partial charge in [-0.05, 0) is 28.1 Å². The van der Waals surface area contributed by atoms with Crippen molar-refractivity contribution in [2.45, 2.75) is 0 Å². The lowest BCUT2D eigenvalue weighted by molar-refractivity contribution is 0.0699. The monoisotopic (exact) mass is 254 g/mol. The molecule has 0 saturated carbocycles. The van der Waals surface area contributed by atoms with Gasteiger partial charge >= 0.3 is 5.97 Å². The number of fused-ring (bicyclic) bond motifs is 1. The summed E-state index contributed by atoms with van der Waals surface area (Å²) in [6, 6.07) is 3.56. The van der Waals surface area contributed by atoms with Crippen LogP contribution in [0.5, 0.6) is 0 Å². The van der Waals surface area contributed by atoms with Crippen LogP contribution in [0.2, 0.25) is 0 Å². The quantitative estimate of drug-likeness (QED) is 0.683. The van der Waals surface area contributed by atoms with Crippen molar-refractivity contribution in [3.8, 4) is 0 Å². The molecule has 4 N–H and O–H groups in total. The number of H-pyrrole nitrogens is 1. The van der Waals surface area contributed by atoms with Crippen molar-refractivity contribution in [3.05, 3.63) is 28.4 Å². The molecular formula is C9H7BrN2O2. The Morgan fingerprint density at radius 2 is 2.21 bits per heavy atom. The van der Waals surface area contributed by atoms with E-state index in [1.807, 2.05) is 0 Å². The van der Waals surface area contributed by atoms with Gasteiger partial charge < -0.3 is 15.8 Å². The van der Waals surface area contributed by atoms with Gasteiger partial charge in [-0.2, -0.15) is 0 Å². The first-order chi connectivity index (χ1) is 6.61. The molecule has 1 aromatic carbocycles. The summed E-state index contributed by atoms with van der Waals surface area (Å²) < 4.78 is 0.701. The highest BCUT2D eigenvalue weighted by molar-refractivity contribution is 9.10. The van der Waals surface area contributed by atoms with Crippen molar-refractivity contribution in [2.75, 3.05) is 5.73 Å². The van der Waals surface area contributed by atoms with Crippen LogP contribution in [-0.2, 0) is 0 Å². The molecular weight excluding hydrogens is 248 g/mol. The van der Waals surface area contributed by atoms with Crippen LogP contribution in [0.4, 0.5) is 5.69 Å². The average molecular weight is 255 g/mol. The van der Waals surface area contributed by atoms with Crippen molar-refractivity contribution in [3.63, 3.8) is 0 Å². The molecule has 0 spiro atoms. The Balaban J connectivity index is 2.89. The second kappa shape index (κ2) is 3.02. The Kier molecular flexibility index (Phi) is 1.96. The number of rotatable bonds is 1. The fourth-order valence-corrected chi connectivity index (χ4v) is 1.73. The number of nitrogens with two attached hydrogens (primary N) is 1. The van der Waals surface area contributed by atoms with Crippen LogP contribution in [0.3, 0.4) is 0 Å². The van der Waals surface area contributed by atoms with Gasteiger partial charge in [0.2, 0.25) is 0 Å². The SMILES string of the molecule is Nc1c(Br)ccc2[nH]cc(C(=O)O)c12. The van der Waals surface area contributed by atoms with Gasteiger partial charge in [0.1, 0.15) is 0 Å². The van der Waals surface area contributed by atoms with E-state index in [0.717, 1.165) is 5.52 Å². The van der Waals surface area contributed by atoms with E-state index in [1.165, 1.54) is 6.20 Å². The topological polar surface area (TPSA) is 79.1 Å². The van der Waals surface area contributed by atoms with Gasteiger partial charge in [-0.15, -0.1) is 0 Å². The number of halogens is 1. The van der Waals surface area contributed by atoms with Crippen LogP contribution in [0.1, 0.15) is 10.4 Å². The first-order valence-electron chi connectivity index (χ1n) is 3.89. The van der Waals surface area contributed by atoms with Crippen LogP contribution in [0.15, 0.2) is 22.8 Å². The molecule has 4 nitrogen and oxygen atoms in total. The van der Waals surface area contributed by atoms with Crippen LogP contribution in [-0.4, -0.2) is 16.1 Å². The standard InChI is InChI=1S/C9H7BrN2O2/c10-5-1-2-6-7(8(5)11)4(3-12-6)9(13)14/h1-3,12H,11H2,(H,13,14). The van der Waals surface area contributed by atoms with Gasteiger partial charge in [0.05, 0.1) is 11.3 Å². The van der Waals surface area contributed by atoms with Gasteiger partial charge in [-0.3, -0.25) is 0 Å². The highest BCUT2D eigenvalue weighted by atomic mass is 79.9. The van der Waals surface area contributed by atoms with Crippen LogP contribution >= 0.6 is 15.9 Å². The summed E-state index contributed by atoms with van der Waals surface area (Å²) in [6.45, 7) is 0. The molecule has 0 aliphatic carbocycles. The maximum atomic E-state index is 10.8. The molecule has 14 heavy (non-hydrogen) atoms. The summed E-state index contributed by atoms with van der Waals surface area (Å²) >= 11 is 3.25. The smallest absolute Gasteiger partial charge is 0.337 e. The van der Waals surface area contributed by atoms with Gasteiger partial charge in [0.25, 0.3) is 0 Å². The minimum Gasteiger partial charge on any atom is -0.478 e. The first kappa shape index (κ1) is 9.08. The third-order valence-corrected chi connectivity index (χ3v) is 2.76. The Bertz CT molecular complexity index is 519. The predicted octanol–water partition coefficient (Wildman–Crippen LogP) is 2.21. The number of aromatic nitrogens is 1. The zero-order valence-corrected chi connectivity index (χ0v) is 8.63. The van der Waals surface area contributed by atoms with Crippen LogP contribution in [0, 0.1) is 0 Å². The summed E-state index contributed by atoms with van der Waals surface area (Å²) in [6.07, 6.45) is 1.44. The van der Waals surface area contributed by atoms with E-state index in [4.69, 9.17) is 10.8 Å². The van der Waals surface area contributed by atoms with E-state index in [9.17, 15) is 4.79 Å². The van der Waals surface area contributed by atoms with Crippen molar-refractivity contribution in [1.82, 2.24) is 4.98 Å². The lowest BCUT2D eigenvalue weighted by Gasteiger charge is -2.00. The zero-order valence-electron chi connectivity index (χ0n) is 7.04. The molecule has 0 unspecified atom stereocenters. The molecule has 1 aromatic heterocycles. The number of aromatic amines is 1. The molecule has 1 heterocycles. The number of anilines is 1. The van der Waals surface area contributed by atoms with Crippen LogP contribution < -0.4 is 5.73 Å². The highest BCUT2D eigenvalue weighted by Crippen LogP contribution is 2.30. The van der Waals surface area contributed by atoms with Crippen molar-refractivity contribution < 1.29 is 9.90 Å². The minimum absolute atomic E-state index is 0.193. The summed E-state index contributed by atoms with van der Waals surface area (Å²) in [5.41, 5.74) is 7.14. The highest BCUT2D eigenvalue weighted by Gasteiger charge is 2.14. The summed E-state index contributed by atoms with van der Waals surface area (Å²) in [5.74, 6) is -0.985. The van der Waals surface area contributed by atoms with E-state index < -0.39 is 5.97 Å². The fraction of sp³-hybridized carbons (Fsp3) is 0. The molecule has 0 aliphatic heterocycles. The third kappa shape index (κ3) is 1.17. The number of nitrogen functional groups attached to an aromatic ring is 1. The number of benzene rings is 1. The lowest BCUT2D eigenvalue weighted by Crippen LogP contribution is -1.96. The number of aromatic carboxylic acids is 1. The zero-order chi connectivity index (χ0) is 10.3. The summed E-state index contributed by atoms with van der Waals surface area (Å²) in [7, 11) is 0. The number of hydrogen-bond donors (Lipinski definition) is 3. The molecule has 0 amide bonds. The number of nitrogens with one attached hydrogen (secondary N) is 1. The van der Waals surface area contributed by atoms with E-state index in [-0.39, 0.29) is 5.56 Å². The lowest BCUT2D eigenvalue weighted by atomic mass is 10.1. The second-order valence-electron chi connectivity index (χ2n) is 2.89. The van der Waals surface area contributed by atoms with Gasteiger partial charge in [0, 0.05) is 21.6 Å². The maximum Gasteiger partial charge on any atom is 0.337 e. The Labute approximate surface area is 87.9 Å². The molecule has 2 rings (SSSR count). The van der Waals surface area contributed by atoms with E-state index >= 15 is 0 Å². The molecule has 0 atom stereocenters. The number of hydrogen-bond acceptors (Lipinski definition) is 2. The number of carbonyl (C=O) groups is 1. The molecule has 72 valence electrons. The van der Waals surface area contributed by atoms with Gasteiger partial charge in [-0.25, -0.2) is 4.79 Å². The number of carboxylic acids is 1. The van der Waals surface area contributed by atoms with Crippen molar-refractivity contribution >= 4 is 38.5 Å². The molecule has 0 fully saturated rings. The molecule has 0 aliphatic rings. The molecule has 0 bridgehead atoms. The third-order valence-electron chi connectivity index (χ3n) is 2.06. The fourth-order valence-electron chi connectivity index (χ4n) is 1.40. The average Bonchev–Trinajstić information content (AvgIpc) is 2.55. The van der Waals surface area contributed by atoms with Crippen LogP contribution in [0.25, 0.3) is 10.9 Å². The van der Waals surface area contributed by atoms with E-state index in [2.05, 4.69) is 20.9 Å².